The Morgan fingerprint density at radius 3 is 2.86 bits per heavy atom. The zero-order valence-electron chi connectivity index (χ0n) is 13.5. The first-order chi connectivity index (χ1) is 10.1. The summed E-state index contributed by atoms with van der Waals surface area (Å²) in [6.07, 6.45) is 1.24. The normalized spacial score (nSPS) is 24.1. The molecule has 1 heterocycles. The Bertz CT molecular complexity index is 466. The van der Waals surface area contributed by atoms with Crippen molar-refractivity contribution < 1.29 is 9.13 Å². The molecule has 21 heavy (non-hydrogen) atoms. The molecule has 3 atom stereocenters. The molecule has 0 amide bonds. The van der Waals surface area contributed by atoms with Crippen LogP contribution < -0.4 is 10.2 Å². The van der Waals surface area contributed by atoms with Crippen molar-refractivity contribution in [3.63, 3.8) is 0 Å². The average Bonchev–Trinajstić information content (AvgIpc) is 2.47. The standard InChI is InChI=1S/C17H27FN2O/c1-5-15-11-21-12(3)10-20(15)17-8-7-14(18)9-16(17)13(4)19-6-2/h7-9,12-13,15,19H,5-6,10-11H2,1-4H3. The van der Waals surface area contributed by atoms with E-state index in [2.05, 4.69) is 37.9 Å². The fourth-order valence-electron chi connectivity index (χ4n) is 3.03. The number of rotatable bonds is 5. The maximum atomic E-state index is 13.7. The molecule has 0 aromatic heterocycles. The largest absolute Gasteiger partial charge is 0.375 e. The van der Waals surface area contributed by atoms with Crippen LogP contribution in [-0.4, -0.2) is 31.8 Å². The Morgan fingerprint density at radius 1 is 1.43 bits per heavy atom. The van der Waals surface area contributed by atoms with Crippen molar-refractivity contribution in [3.8, 4) is 0 Å². The second-order valence-corrected chi connectivity index (χ2v) is 5.84. The van der Waals surface area contributed by atoms with Gasteiger partial charge in [0.1, 0.15) is 5.82 Å². The summed E-state index contributed by atoms with van der Waals surface area (Å²) in [7, 11) is 0. The Kier molecular flexibility index (Phi) is 5.59. The van der Waals surface area contributed by atoms with Crippen LogP contribution in [0.4, 0.5) is 10.1 Å². The van der Waals surface area contributed by atoms with Gasteiger partial charge in [-0.2, -0.15) is 0 Å². The van der Waals surface area contributed by atoms with Gasteiger partial charge in [0, 0.05) is 18.3 Å². The van der Waals surface area contributed by atoms with Gasteiger partial charge in [-0.05, 0) is 50.6 Å². The number of nitrogens with zero attached hydrogens (tertiary/aromatic N) is 1. The fourth-order valence-corrected chi connectivity index (χ4v) is 3.03. The molecule has 1 fully saturated rings. The van der Waals surface area contributed by atoms with Gasteiger partial charge in [-0.3, -0.25) is 0 Å². The third kappa shape index (κ3) is 3.74. The minimum atomic E-state index is -0.173. The number of hydrogen-bond donors (Lipinski definition) is 1. The van der Waals surface area contributed by atoms with E-state index in [-0.39, 0.29) is 18.0 Å². The number of anilines is 1. The molecule has 3 nitrogen and oxygen atoms in total. The van der Waals surface area contributed by atoms with Crippen molar-refractivity contribution in [2.24, 2.45) is 0 Å². The fraction of sp³-hybridized carbons (Fsp3) is 0.647. The average molecular weight is 294 g/mol. The summed E-state index contributed by atoms with van der Waals surface area (Å²) in [5, 5.41) is 3.39. The lowest BCUT2D eigenvalue weighted by atomic mass is 10.0. The van der Waals surface area contributed by atoms with E-state index in [1.54, 1.807) is 12.1 Å². The molecular weight excluding hydrogens is 267 g/mol. The summed E-state index contributed by atoms with van der Waals surface area (Å²) in [4.78, 5) is 2.39. The zero-order valence-corrected chi connectivity index (χ0v) is 13.5. The number of hydrogen-bond acceptors (Lipinski definition) is 3. The van der Waals surface area contributed by atoms with Crippen LogP contribution in [0, 0.1) is 5.82 Å². The predicted octanol–water partition coefficient (Wildman–Crippen LogP) is 3.50. The molecule has 2 rings (SSSR count). The minimum Gasteiger partial charge on any atom is -0.375 e. The van der Waals surface area contributed by atoms with E-state index >= 15 is 0 Å². The molecule has 1 N–H and O–H groups in total. The number of benzene rings is 1. The van der Waals surface area contributed by atoms with Crippen molar-refractivity contribution in [2.75, 3.05) is 24.6 Å². The Labute approximate surface area is 127 Å². The van der Waals surface area contributed by atoms with Gasteiger partial charge in [0.15, 0.2) is 0 Å². The highest BCUT2D eigenvalue weighted by molar-refractivity contribution is 5.56. The van der Waals surface area contributed by atoms with Gasteiger partial charge in [-0.25, -0.2) is 4.39 Å². The van der Waals surface area contributed by atoms with Crippen molar-refractivity contribution in [3.05, 3.63) is 29.6 Å². The van der Waals surface area contributed by atoms with Gasteiger partial charge in [0.05, 0.1) is 18.8 Å². The van der Waals surface area contributed by atoms with Crippen LogP contribution in [0.2, 0.25) is 0 Å². The third-order valence-corrected chi connectivity index (χ3v) is 4.21. The lowest BCUT2D eigenvalue weighted by Gasteiger charge is -2.41. The van der Waals surface area contributed by atoms with Crippen molar-refractivity contribution >= 4 is 5.69 Å². The molecule has 4 heteroatoms. The van der Waals surface area contributed by atoms with E-state index in [4.69, 9.17) is 4.74 Å². The molecule has 1 aliphatic heterocycles. The van der Waals surface area contributed by atoms with Gasteiger partial charge in [0.25, 0.3) is 0 Å². The Morgan fingerprint density at radius 2 is 2.19 bits per heavy atom. The van der Waals surface area contributed by atoms with Crippen LogP contribution in [0.15, 0.2) is 18.2 Å². The van der Waals surface area contributed by atoms with E-state index in [0.29, 0.717) is 6.04 Å². The van der Waals surface area contributed by atoms with Crippen LogP contribution in [0.1, 0.15) is 45.7 Å². The molecule has 0 bridgehead atoms. The topological polar surface area (TPSA) is 24.5 Å². The smallest absolute Gasteiger partial charge is 0.123 e. The zero-order chi connectivity index (χ0) is 15.4. The third-order valence-electron chi connectivity index (χ3n) is 4.21. The van der Waals surface area contributed by atoms with E-state index < -0.39 is 0 Å². The van der Waals surface area contributed by atoms with Crippen LogP contribution in [0.5, 0.6) is 0 Å². The first-order valence-electron chi connectivity index (χ1n) is 7.97. The van der Waals surface area contributed by atoms with E-state index in [9.17, 15) is 4.39 Å². The van der Waals surface area contributed by atoms with Crippen molar-refractivity contribution in [1.29, 1.82) is 0 Å². The number of halogens is 1. The monoisotopic (exact) mass is 294 g/mol. The second-order valence-electron chi connectivity index (χ2n) is 5.84. The van der Waals surface area contributed by atoms with Crippen LogP contribution in [-0.2, 0) is 4.74 Å². The minimum absolute atomic E-state index is 0.136. The van der Waals surface area contributed by atoms with E-state index in [1.807, 2.05) is 6.07 Å². The lowest BCUT2D eigenvalue weighted by Crippen LogP contribution is -2.49. The molecule has 0 saturated carbocycles. The van der Waals surface area contributed by atoms with Crippen LogP contribution in [0.3, 0.4) is 0 Å². The first kappa shape index (κ1) is 16.2. The molecule has 1 aromatic rings. The van der Waals surface area contributed by atoms with Gasteiger partial charge in [0.2, 0.25) is 0 Å². The first-order valence-corrected chi connectivity index (χ1v) is 7.97. The second kappa shape index (κ2) is 7.23. The quantitative estimate of drug-likeness (QED) is 0.899. The number of nitrogens with one attached hydrogen (secondary N) is 1. The molecule has 118 valence electrons. The predicted molar refractivity (Wildman–Crippen MR) is 85.3 cm³/mol. The van der Waals surface area contributed by atoms with Crippen LogP contribution in [0.25, 0.3) is 0 Å². The van der Waals surface area contributed by atoms with Gasteiger partial charge in [-0.15, -0.1) is 0 Å². The van der Waals surface area contributed by atoms with Gasteiger partial charge < -0.3 is 15.0 Å². The SMILES string of the molecule is CCNC(C)c1cc(F)ccc1N1CC(C)OCC1CC. The molecule has 1 aromatic carbocycles. The van der Waals surface area contributed by atoms with Crippen molar-refractivity contribution in [2.45, 2.75) is 52.3 Å². The summed E-state index contributed by atoms with van der Waals surface area (Å²) in [6.45, 7) is 10.9. The molecule has 0 spiro atoms. The Balaban J connectivity index is 2.36. The lowest BCUT2D eigenvalue weighted by molar-refractivity contribution is 0.0298. The molecule has 1 aliphatic rings. The molecular formula is C17H27FN2O. The summed E-state index contributed by atoms with van der Waals surface area (Å²) >= 11 is 0. The van der Waals surface area contributed by atoms with Gasteiger partial charge >= 0.3 is 0 Å². The van der Waals surface area contributed by atoms with E-state index in [0.717, 1.165) is 37.4 Å². The highest BCUT2D eigenvalue weighted by Gasteiger charge is 2.28. The Hall–Kier alpha value is -1.13. The summed E-state index contributed by atoms with van der Waals surface area (Å²) in [5.41, 5.74) is 2.16. The van der Waals surface area contributed by atoms with E-state index in [1.165, 1.54) is 0 Å². The summed E-state index contributed by atoms with van der Waals surface area (Å²) < 4.78 is 19.5. The maximum absolute atomic E-state index is 13.7. The highest BCUT2D eigenvalue weighted by atomic mass is 19.1. The number of morpholine rings is 1. The van der Waals surface area contributed by atoms with Crippen molar-refractivity contribution in [1.82, 2.24) is 5.32 Å². The molecule has 0 aliphatic carbocycles. The molecule has 1 saturated heterocycles. The van der Waals surface area contributed by atoms with Crippen LogP contribution >= 0.6 is 0 Å². The maximum Gasteiger partial charge on any atom is 0.123 e. The summed E-state index contributed by atoms with van der Waals surface area (Å²) in [5.74, 6) is -0.173. The molecule has 3 unspecified atom stereocenters. The van der Waals surface area contributed by atoms with Gasteiger partial charge in [-0.1, -0.05) is 13.8 Å². The summed E-state index contributed by atoms with van der Waals surface area (Å²) in [6, 6.07) is 5.63. The molecule has 0 radical (unpaired) electrons. The number of ether oxygens (including phenoxy) is 1. The highest BCUT2D eigenvalue weighted by Crippen LogP contribution is 2.31.